The third kappa shape index (κ3) is 4.44. The number of aromatic hydroxyl groups is 1. The van der Waals surface area contributed by atoms with Crippen LogP contribution in [0.2, 0.25) is 0 Å². The second-order valence-corrected chi connectivity index (χ2v) is 5.92. The van der Waals surface area contributed by atoms with E-state index in [1.54, 1.807) is 23.9 Å². The minimum Gasteiger partial charge on any atom is -0.508 e. The topological polar surface area (TPSA) is 61.4 Å². The largest absolute Gasteiger partial charge is 0.508 e. The van der Waals surface area contributed by atoms with Crippen molar-refractivity contribution in [1.82, 2.24) is 10.6 Å². The Morgan fingerprint density at radius 1 is 1.53 bits per heavy atom. The minimum atomic E-state index is -0.0406. The fourth-order valence-corrected chi connectivity index (χ4v) is 2.97. The number of phenols is 1. The number of carbonyl (C=O) groups excluding carboxylic acids is 1. The van der Waals surface area contributed by atoms with E-state index in [1.165, 1.54) is 5.56 Å². The zero-order chi connectivity index (χ0) is 13.7. The Bertz CT molecular complexity index is 416. The number of aryl methyl sites for hydroxylation is 1. The Balaban J connectivity index is 1.73. The molecular formula is C14H20N2O2S. The van der Waals surface area contributed by atoms with Gasteiger partial charge in [0.2, 0.25) is 5.91 Å². The smallest absolute Gasteiger partial charge is 0.238 e. The molecule has 104 valence electrons. The fourth-order valence-electron chi connectivity index (χ4n) is 2.03. The third-order valence-electron chi connectivity index (χ3n) is 3.22. The van der Waals surface area contributed by atoms with Gasteiger partial charge in [0.1, 0.15) is 5.75 Å². The molecule has 1 aromatic rings. The van der Waals surface area contributed by atoms with Gasteiger partial charge in [-0.3, -0.25) is 10.1 Å². The predicted molar refractivity (Wildman–Crippen MR) is 78.3 cm³/mol. The van der Waals surface area contributed by atoms with Crippen LogP contribution in [0.25, 0.3) is 0 Å². The van der Waals surface area contributed by atoms with Crippen LogP contribution in [0.3, 0.4) is 0 Å². The molecule has 1 saturated heterocycles. The Labute approximate surface area is 118 Å². The molecule has 1 unspecified atom stereocenters. The van der Waals surface area contributed by atoms with Crippen LogP contribution in [0.15, 0.2) is 24.3 Å². The van der Waals surface area contributed by atoms with Crippen molar-refractivity contribution in [3.63, 3.8) is 0 Å². The molecule has 2 atom stereocenters. The first-order valence-corrected chi connectivity index (χ1v) is 7.70. The van der Waals surface area contributed by atoms with Gasteiger partial charge >= 0.3 is 0 Å². The molecule has 0 bridgehead atoms. The summed E-state index contributed by atoms with van der Waals surface area (Å²) in [5.74, 6) is 2.11. The molecule has 0 aromatic heterocycles. The maximum absolute atomic E-state index is 11.9. The lowest BCUT2D eigenvalue weighted by atomic mass is 10.1. The van der Waals surface area contributed by atoms with E-state index in [4.69, 9.17) is 0 Å². The van der Waals surface area contributed by atoms with Crippen LogP contribution in [-0.4, -0.2) is 34.7 Å². The van der Waals surface area contributed by atoms with E-state index < -0.39 is 0 Å². The van der Waals surface area contributed by atoms with Crippen molar-refractivity contribution in [2.75, 3.05) is 11.6 Å². The maximum atomic E-state index is 11.9. The second kappa shape index (κ2) is 6.82. The average molecular weight is 280 g/mol. The first-order valence-electron chi connectivity index (χ1n) is 6.54. The summed E-state index contributed by atoms with van der Waals surface area (Å²) in [4.78, 5) is 11.9. The molecule has 1 fully saturated rings. The van der Waals surface area contributed by atoms with E-state index in [0.29, 0.717) is 0 Å². The Morgan fingerprint density at radius 3 is 2.89 bits per heavy atom. The highest BCUT2D eigenvalue weighted by atomic mass is 32.2. The molecule has 4 nitrogen and oxygen atoms in total. The van der Waals surface area contributed by atoms with Crippen LogP contribution < -0.4 is 10.6 Å². The molecule has 0 radical (unpaired) electrons. The van der Waals surface area contributed by atoms with Gasteiger partial charge < -0.3 is 10.4 Å². The van der Waals surface area contributed by atoms with Gasteiger partial charge in [0.25, 0.3) is 0 Å². The monoisotopic (exact) mass is 280 g/mol. The molecular weight excluding hydrogens is 260 g/mol. The first-order chi connectivity index (χ1) is 9.15. The number of hydrogen-bond acceptors (Lipinski definition) is 4. The zero-order valence-corrected chi connectivity index (χ0v) is 11.9. The van der Waals surface area contributed by atoms with Gasteiger partial charge in [-0.2, -0.15) is 0 Å². The lowest BCUT2D eigenvalue weighted by Crippen LogP contribution is -2.45. The molecule has 2 rings (SSSR count). The van der Waals surface area contributed by atoms with E-state index in [2.05, 4.69) is 10.6 Å². The normalized spacial score (nSPS) is 20.2. The lowest BCUT2D eigenvalue weighted by molar-refractivity contribution is -0.123. The molecule has 19 heavy (non-hydrogen) atoms. The number of hydrogen-bond donors (Lipinski definition) is 3. The molecule has 0 saturated carbocycles. The molecule has 5 heteroatoms. The van der Waals surface area contributed by atoms with Crippen molar-refractivity contribution in [2.24, 2.45) is 0 Å². The third-order valence-corrected chi connectivity index (χ3v) is 4.16. The summed E-state index contributed by atoms with van der Waals surface area (Å²) in [5, 5.41) is 15.4. The molecule has 1 amide bonds. The molecule has 0 aliphatic carbocycles. The van der Waals surface area contributed by atoms with Gasteiger partial charge in [0, 0.05) is 17.7 Å². The summed E-state index contributed by atoms with van der Waals surface area (Å²) in [6.45, 7) is 2.03. The van der Waals surface area contributed by atoms with Gasteiger partial charge in [-0.15, -0.1) is 11.8 Å². The van der Waals surface area contributed by atoms with E-state index in [-0.39, 0.29) is 23.7 Å². The Morgan fingerprint density at radius 2 is 2.26 bits per heavy atom. The van der Waals surface area contributed by atoms with Crippen molar-refractivity contribution in [1.29, 1.82) is 0 Å². The molecule has 1 aliphatic heterocycles. The van der Waals surface area contributed by atoms with Crippen LogP contribution in [0.1, 0.15) is 18.9 Å². The highest BCUT2D eigenvalue weighted by Gasteiger charge is 2.23. The number of nitrogens with one attached hydrogen (secondary N) is 2. The van der Waals surface area contributed by atoms with Gasteiger partial charge in [-0.1, -0.05) is 12.1 Å². The summed E-state index contributed by atoms with van der Waals surface area (Å²) in [5.41, 5.74) is 1.17. The van der Waals surface area contributed by atoms with Crippen LogP contribution in [0.4, 0.5) is 0 Å². The fraction of sp³-hybridized carbons (Fsp3) is 0.500. The van der Waals surface area contributed by atoms with Crippen LogP contribution in [0.5, 0.6) is 5.75 Å². The maximum Gasteiger partial charge on any atom is 0.238 e. The van der Waals surface area contributed by atoms with Gasteiger partial charge in [-0.25, -0.2) is 0 Å². The number of rotatable bonds is 5. The molecule has 1 aromatic carbocycles. The highest BCUT2D eigenvalue weighted by Crippen LogP contribution is 2.13. The minimum absolute atomic E-state index is 0.0406. The van der Waals surface area contributed by atoms with Crippen molar-refractivity contribution in [3.8, 4) is 5.75 Å². The summed E-state index contributed by atoms with van der Waals surface area (Å²) < 4.78 is 0. The first kappa shape index (κ1) is 14.2. The number of thioether (sulfide) groups is 1. The summed E-state index contributed by atoms with van der Waals surface area (Å²) >= 11 is 1.75. The zero-order valence-electron chi connectivity index (χ0n) is 11.1. The van der Waals surface area contributed by atoms with Gasteiger partial charge in [-0.05, 0) is 37.5 Å². The van der Waals surface area contributed by atoms with Crippen molar-refractivity contribution in [3.05, 3.63) is 29.8 Å². The van der Waals surface area contributed by atoms with E-state index in [9.17, 15) is 9.90 Å². The number of benzene rings is 1. The summed E-state index contributed by atoms with van der Waals surface area (Å²) in [6, 6.07) is 7.34. The quantitative estimate of drug-likeness (QED) is 0.765. The standard InChI is InChI=1S/C14H20N2O2S/c1-10(16-14(18)13-8-19-9-15-13)2-3-11-4-6-12(17)7-5-11/h4-7,10,13,15,17H,2-3,8-9H2,1H3,(H,16,18)/t10?,13-/m1/s1. The van der Waals surface area contributed by atoms with Crippen LogP contribution >= 0.6 is 11.8 Å². The van der Waals surface area contributed by atoms with Crippen LogP contribution in [-0.2, 0) is 11.2 Å². The van der Waals surface area contributed by atoms with E-state index >= 15 is 0 Å². The Kier molecular flexibility index (Phi) is 5.10. The van der Waals surface area contributed by atoms with Crippen LogP contribution in [0, 0.1) is 0 Å². The van der Waals surface area contributed by atoms with Crippen molar-refractivity contribution in [2.45, 2.75) is 31.8 Å². The molecule has 1 heterocycles. The second-order valence-electron chi connectivity index (χ2n) is 4.89. The van der Waals surface area contributed by atoms with E-state index in [0.717, 1.165) is 24.5 Å². The SMILES string of the molecule is CC(CCc1ccc(O)cc1)NC(=O)[C@H]1CSCN1. The summed E-state index contributed by atoms with van der Waals surface area (Å²) in [7, 11) is 0. The number of amides is 1. The van der Waals surface area contributed by atoms with Gasteiger partial charge in [0.05, 0.1) is 6.04 Å². The van der Waals surface area contributed by atoms with Crippen molar-refractivity contribution < 1.29 is 9.90 Å². The van der Waals surface area contributed by atoms with Crippen molar-refractivity contribution >= 4 is 17.7 Å². The lowest BCUT2D eigenvalue weighted by Gasteiger charge is -2.17. The van der Waals surface area contributed by atoms with E-state index in [1.807, 2.05) is 19.1 Å². The average Bonchev–Trinajstić information content (AvgIpc) is 2.92. The number of phenolic OH excluding ortho intramolecular Hbond substituents is 1. The summed E-state index contributed by atoms with van der Waals surface area (Å²) in [6.07, 6.45) is 1.80. The highest BCUT2D eigenvalue weighted by molar-refractivity contribution is 7.99. The number of carbonyl (C=O) groups is 1. The molecule has 0 spiro atoms. The predicted octanol–water partition coefficient (Wildman–Crippen LogP) is 1.49. The van der Waals surface area contributed by atoms with Gasteiger partial charge in [0.15, 0.2) is 0 Å². The molecule has 1 aliphatic rings. The molecule has 3 N–H and O–H groups in total. The Hall–Kier alpha value is -1.20.